The second-order valence-corrected chi connectivity index (χ2v) is 7.58. The molecule has 154 valence electrons. The van der Waals surface area contributed by atoms with Crippen LogP contribution in [0.5, 0.6) is 0 Å². The fraction of sp³-hybridized carbons (Fsp3) is 0.435. The number of aliphatic hydroxyl groups is 1. The number of aliphatic hydroxyl groups excluding tert-OH is 1. The maximum absolute atomic E-state index is 12.9. The standard InChI is InChI=1S/C23H29N3O3/c27-15-3-12-25-22(28)20-4-1-2-5-21(20)23(29)26-19-8-6-17(7-9-19)16-18-10-13-24-14-11-18/h6-11,13-14,20-21,27H,1-5,12,15-16H2,(H,25,28)(H,26,29). The molecule has 1 saturated carbocycles. The molecule has 6 heteroatoms. The molecule has 0 spiro atoms. The maximum Gasteiger partial charge on any atom is 0.228 e. The minimum absolute atomic E-state index is 0.0476. The van der Waals surface area contributed by atoms with E-state index in [1.165, 1.54) is 5.56 Å². The Balaban J connectivity index is 1.58. The summed E-state index contributed by atoms with van der Waals surface area (Å²) in [5.74, 6) is -0.775. The summed E-state index contributed by atoms with van der Waals surface area (Å²) in [6.45, 7) is 0.491. The Morgan fingerprint density at radius 1 is 0.931 bits per heavy atom. The Hall–Kier alpha value is -2.73. The number of benzene rings is 1. The molecule has 1 aromatic heterocycles. The van der Waals surface area contributed by atoms with Crippen molar-refractivity contribution in [1.29, 1.82) is 0 Å². The first-order chi connectivity index (χ1) is 14.2. The summed E-state index contributed by atoms with van der Waals surface area (Å²) in [5, 5.41) is 14.7. The molecule has 3 N–H and O–H groups in total. The molecule has 3 rings (SSSR count). The number of pyridine rings is 1. The number of carbonyl (C=O) groups is 2. The molecule has 1 aliphatic carbocycles. The lowest BCUT2D eigenvalue weighted by molar-refractivity contribution is -0.134. The third-order valence-corrected chi connectivity index (χ3v) is 5.45. The molecular formula is C23H29N3O3. The van der Waals surface area contributed by atoms with Crippen LogP contribution in [-0.4, -0.2) is 35.1 Å². The number of nitrogens with zero attached hydrogens (tertiary/aromatic N) is 1. The van der Waals surface area contributed by atoms with E-state index in [4.69, 9.17) is 5.11 Å². The summed E-state index contributed by atoms with van der Waals surface area (Å²) in [7, 11) is 0. The zero-order valence-electron chi connectivity index (χ0n) is 16.6. The van der Waals surface area contributed by atoms with Crippen LogP contribution in [-0.2, 0) is 16.0 Å². The third-order valence-electron chi connectivity index (χ3n) is 5.45. The number of amides is 2. The summed E-state index contributed by atoms with van der Waals surface area (Å²) >= 11 is 0. The zero-order valence-corrected chi connectivity index (χ0v) is 16.6. The van der Waals surface area contributed by atoms with E-state index in [-0.39, 0.29) is 30.3 Å². The molecule has 0 aliphatic heterocycles. The molecule has 2 aromatic rings. The molecule has 0 radical (unpaired) electrons. The number of aromatic nitrogens is 1. The molecule has 2 atom stereocenters. The van der Waals surface area contributed by atoms with Crippen molar-refractivity contribution in [3.63, 3.8) is 0 Å². The van der Waals surface area contributed by atoms with Crippen LogP contribution in [0.25, 0.3) is 0 Å². The van der Waals surface area contributed by atoms with Crippen molar-refractivity contribution >= 4 is 17.5 Å². The van der Waals surface area contributed by atoms with Gasteiger partial charge in [0.2, 0.25) is 11.8 Å². The molecule has 2 unspecified atom stereocenters. The highest BCUT2D eigenvalue weighted by molar-refractivity contribution is 5.96. The van der Waals surface area contributed by atoms with Crippen LogP contribution in [0.1, 0.15) is 43.2 Å². The van der Waals surface area contributed by atoms with Gasteiger partial charge in [0.1, 0.15) is 0 Å². The molecule has 1 aliphatic rings. The van der Waals surface area contributed by atoms with Crippen LogP contribution in [0, 0.1) is 11.8 Å². The van der Waals surface area contributed by atoms with Gasteiger partial charge in [-0.15, -0.1) is 0 Å². The van der Waals surface area contributed by atoms with Crippen molar-refractivity contribution in [1.82, 2.24) is 10.3 Å². The Bertz CT molecular complexity index is 793. The van der Waals surface area contributed by atoms with Crippen molar-refractivity contribution in [2.75, 3.05) is 18.5 Å². The fourth-order valence-electron chi connectivity index (χ4n) is 3.86. The number of hydrogen-bond acceptors (Lipinski definition) is 4. The molecule has 0 saturated heterocycles. The molecule has 1 fully saturated rings. The van der Waals surface area contributed by atoms with Gasteiger partial charge in [-0.05, 0) is 61.1 Å². The van der Waals surface area contributed by atoms with Gasteiger partial charge >= 0.3 is 0 Å². The van der Waals surface area contributed by atoms with E-state index in [0.29, 0.717) is 13.0 Å². The Morgan fingerprint density at radius 2 is 1.55 bits per heavy atom. The van der Waals surface area contributed by atoms with Gasteiger partial charge < -0.3 is 15.7 Å². The van der Waals surface area contributed by atoms with Crippen LogP contribution in [0.4, 0.5) is 5.69 Å². The van der Waals surface area contributed by atoms with Gasteiger partial charge in [0.25, 0.3) is 0 Å². The van der Waals surface area contributed by atoms with E-state index in [1.54, 1.807) is 12.4 Å². The van der Waals surface area contributed by atoms with Gasteiger partial charge in [-0.25, -0.2) is 0 Å². The van der Waals surface area contributed by atoms with E-state index < -0.39 is 0 Å². The quantitative estimate of drug-likeness (QED) is 0.600. The number of rotatable bonds is 8. The number of anilines is 1. The Kier molecular flexibility index (Phi) is 7.76. The largest absolute Gasteiger partial charge is 0.396 e. The molecule has 2 amide bonds. The van der Waals surface area contributed by atoms with Crippen LogP contribution < -0.4 is 10.6 Å². The highest BCUT2D eigenvalue weighted by Crippen LogP contribution is 2.31. The average Bonchev–Trinajstić information content (AvgIpc) is 2.76. The first-order valence-corrected chi connectivity index (χ1v) is 10.3. The van der Waals surface area contributed by atoms with Crippen molar-refractivity contribution in [3.8, 4) is 0 Å². The van der Waals surface area contributed by atoms with Crippen LogP contribution in [0.15, 0.2) is 48.8 Å². The lowest BCUT2D eigenvalue weighted by atomic mass is 9.78. The smallest absolute Gasteiger partial charge is 0.228 e. The predicted molar refractivity (Wildman–Crippen MR) is 112 cm³/mol. The second-order valence-electron chi connectivity index (χ2n) is 7.58. The minimum atomic E-state index is -0.311. The summed E-state index contributed by atoms with van der Waals surface area (Å²) in [4.78, 5) is 29.4. The molecule has 1 aromatic carbocycles. The maximum atomic E-state index is 12.9. The minimum Gasteiger partial charge on any atom is -0.396 e. The van der Waals surface area contributed by atoms with E-state index in [9.17, 15) is 9.59 Å². The summed E-state index contributed by atoms with van der Waals surface area (Å²) in [6, 6.07) is 11.8. The van der Waals surface area contributed by atoms with Gasteiger partial charge in [0.15, 0.2) is 0 Å². The Labute approximate surface area is 171 Å². The topological polar surface area (TPSA) is 91.3 Å². The van der Waals surface area contributed by atoms with E-state index in [2.05, 4.69) is 15.6 Å². The van der Waals surface area contributed by atoms with Crippen molar-refractivity contribution in [2.24, 2.45) is 11.8 Å². The molecule has 0 bridgehead atoms. The van der Waals surface area contributed by atoms with Crippen molar-refractivity contribution in [2.45, 2.75) is 38.5 Å². The average molecular weight is 396 g/mol. The normalized spacial score (nSPS) is 18.8. The van der Waals surface area contributed by atoms with Crippen LogP contribution in [0.2, 0.25) is 0 Å². The Morgan fingerprint density at radius 3 is 2.21 bits per heavy atom. The SMILES string of the molecule is O=C(NCCCO)C1CCCCC1C(=O)Nc1ccc(Cc2ccncc2)cc1. The lowest BCUT2D eigenvalue weighted by Crippen LogP contribution is -2.42. The molecule has 29 heavy (non-hydrogen) atoms. The van der Waals surface area contributed by atoms with Gasteiger partial charge in [0, 0.05) is 43.1 Å². The number of hydrogen-bond donors (Lipinski definition) is 3. The summed E-state index contributed by atoms with van der Waals surface area (Å²) in [5.41, 5.74) is 3.10. The van der Waals surface area contributed by atoms with E-state index in [1.807, 2.05) is 36.4 Å². The van der Waals surface area contributed by atoms with Crippen molar-refractivity contribution < 1.29 is 14.7 Å². The van der Waals surface area contributed by atoms with Crippen LogP contribution in [0.3, 0.4) is 0 Å². The second kappa shape index (κ2) is 10.7. The van der Waals surface area contributed by atoms with Gasteiger partial charge in [-0.2, -0.15) is 0 Å². The van der Waals surface area contributed by atoms with Gasteiger partial charge in [0.05, 0.1) is 0 Å². The van der Waals surface area contributed by atoms with Crippen LogP contribution >= 0.6 is 0 Å². The monoisotopic (exact) mass is 395 g/mol. The first-order valence-electron chi connectivity index (χ1n) is 10.3. The van der Waals surface area contributed by atoms with Gasteiger partial charge in [-0.1, -0.05) is 25.0 Å². The fourth-order valence-corrected chi connectivity index (χ4v) is 3.86. The first kappa shape index (κ1) is 21.0. The number of carbonyl (C=O) groups excluding carboxylic acids is 2. The summed E-state index contributed by atoms with van der Waals surface area (Å²) in [6.07, 6.45) is 8.29. The highest BCUT2D eigenvalue weighted by Gasteiger charge is 2.35. The third kappa shape index (κ3) is 6.12. The van der Waals surface area contributed by atoms with Crippen molar-refractivity contribution in [3.05, 3.63) is 59.9 Å². The highest BCUT2D eigenvalue weighted by atomic mass is 16.3. The van der Waals surface area contributed by atoms with Gasteiger partial charge in [-0.3, -0.25) is 14.6 Å². The predicted octanol–water partition coefficient (Wildman–Crippen LogP) is 2.92. The summed E-state index contributed by atoms with van der Waals surface area (Å²) < 4.78 is 0. The molecule has 6 nitrogen and oxygen atoms in total. The lowest BCUT2D eigenvalue weighted by Gasteiger charge is -2.29. The number of nitrogens with one attached hydrogen (secondary N) is 2. The van der Waals surface area contributed by atoms with E-state index in [0.717, 1.165) is 43.4 Å². The van der Waals surface area contributed by atoms with E-state index >= 15 is 0 Å². The molecule has 1 heterocycles. The zero-order chi connectivity index (χ0) is 20.5. The molecular weight excluding hydrogens is 366 g/mol.